The fourth-order valence-corrected chi connectivity index (χ4v) is 10.1. The third-order valence-corrected chi connectivity index (χ3v) is 11.5. The molecule has 1 saturated heterocycles. The van der Waals surface area contributed by atoms with E-state index in [1.54, 1.807) is 0 Å². The van der Waals surface area contributed by atoms with Gasteiger partial charge in [-0.25, -0.2) is 4.67 Å². The molecule has 1 heterocycles. The van der Waals surface area contributed by atoms with Gasteiger partial charge in [-0.1, -0.05) is 68.9 Å². The summed E-state index contributed by atoms with van der Waals surface area (Å²) < 4.78 is 16.5. The molecule has 1 aromatic rings. The molecule has 0 radical (unpaired) electrons. The predicted octanol–water partition coefficient (Wildman–Crippen LogP) is 7.56. The topological polar surface area (TPSA) is 21.7 Å². The van der Waals surface area contributed by atoms with Crippen LogP contribution in [-0.4, -0.2) is 23.9 Å². The number of nitrogens with zero attached hydrogens (tertiary/aromatic N) is 1. The summed E-state index contributed by atoms with van der Waals surface area (Å²) in [7, 11) is 1.24. The van der Waals surface area contributed by atoms with Crippen LogP contribution in [0.4, 0.5) is 0 Å². The van der Waals surface area contributed by atoms with Gasteiger partial charge < -0.3 is 9.05 Å². The lowest BCUT2D eigenvalue weighted by atomic mass is 9.53. The standard InChI is InChI=1S/C28H42NO2P/c1-29(19-20-9-3-2-4-10-20)32-30-25-17-15-21-11-5-7-13-23(21)27(25)28-24-14-8-6-12-22(24)16-18-26(28)31-32/h2-4,9-10,21-28H,5-8,11-19H2,1H3. The Morgan fingerprint density at radius 3 is 1.81 bits per heavy atom. The molecular formula is C28H42NO2P. The van der Waals surface area contributed by atoms with Crippen molar-refractivity contribution in [3.63, 3.8) is 0 Å². The van der Waals surface area contributed by atoms with E-state index < -0.39 is 8.53 Å². The summed E-state index contributed by atoms with van der Waals surface area (Å²) in [5, 5.41) is 0. The lowest BCUT2D eigenvalue weighted by Crippen LogP contribution is -2.51. The molecule has 0 aromatic heterocycles. The van der Waals surface area contributed by atoms with Gasteiger partial charge >= 0.3 is 0 Å². The number of benzene rings is 1. The van der Waals surface area contributed by atoms with E-state index in [9.17, 15) is 0 Å². The van der Waals surface area contributed by atoms with Crippen LogP contribution in [0.2, 0.25) is 0 Å². The SMILES string of the molecule is CN(Cc1ccccc1)P1OC2CCC3CCCCC3C2C2C(CCC3CCCCC32)O1. The minimum absolute atomic E-state index is 0.425. The third-order valence-electron chi connectivity index (χ3n) is 9.86. The highest BCUT2D eigenvalue weighted by Crippen LogP contribution is 2.62. The molecule has 0 spiro atoms. The van der Waals surface area contributed by atoms with Crippen molar-refractivity contribution >= 4 is 8.53 Å². The van der Waals surface area contributed by atoms with Crippen molar-refractivity contribution in [3.05, 3.63) is 35.9 Å². The molecule has 0 bridgehead atoms. The smallest absolute Gasteiger partial charge is 0.259 e. The predicted molar refractivity (Wildman–Crippen MR) is 131 cm³/mol. The lowest BCUT2D eigenvalue weighted by Gasteiger charge is -2.53. The second-order valence-corrected chi connectivity index (χ2v) is 13.1. The highest BCUT2D eigenvalue weighted by atomic mass is 31.2. The Morgan fingerprint density at radius 1 is 0.719 bits per heavy atom. The fraction of sp³-hybridized carbons (Fsp3) is 0.786. The number of fused-ring (bicyclic) bond motifs is 7. The van der Waals surface area contributed by atoms with Crippen LogP contribution in [0.25, 0.3) is 0 Å². The van der Waals surface area contributed by atoms with Crippen LogP contribution in [-0.2, 0) is 15.6 Å². The average Bonchev–Trinajstić information content (AvgIpc) is 3.02. The van der Waals surface area contributed by atoms with Crippen LogP contribution in [0.15, 0.2) is 30.3 Å². The zero-order valence-electron chi connectivity index (χ0n) is 19.9. The summed E-state index contributed by atoms with van der Waals surface area (Å²) in [6, 6.07) is 10.9. The lowest BCUT2D eigenvalue weighted by molar-refractivity contribution is -0.0856. The molecule has 1 aliphatic heterocycles. The zero-order chi connectivity index (χ0) is 21.5. The van der Waals surface area contributed by atoms with Crippen molar-refractivity contribution in [3.8, 4) is 0 Å². The largest absolute Gasteiger partial charge is 0.318 e. The van der Waals surface area contributed by atoms with Gasteiger partial charge in [-0.3, -0.25) is 0 Å². The van der Waals surface area contributed by atoms with E-state index in [0.717, 1.165) is 42.1 Å². The summed E-state index contributed by atoms with van der Waals surface area (Å²) in [5.41, 5.74) is 1.36. The molecular weight excluding hydrogens is 413 g/mol. The highest BCUT2D eigenvalue weighted by Gasteiger charge is 2.55. The van der Waals surface area contributed by atoms with Gasteiger partial charge in [0.25, 0.3) is 8.53 Å². The van der Waals surface area contributed by atoms with Gasteiger partial charge in [0, 0.05) is 6.54 Å². The molecule has 0 N–H and O–H groups in total. The van der Waals surface area contributed by atoms with Crippen LogP contribution in [0, 0.1) is 35.5 Å². The molecule has 4 saturated carbocycles. The van der Waals surface area contributed by atoms with E-state index in [-0.39, 0.29) is 0 Å². The minimum atomic E-state index is -0.986. The van der Waals surface area contributed by atoms with E-state index in [4.69, 9.17) is 9.05 Å². The Bertz CT molecular complexity index is 719. The first-order valence-corrected chi connectivity index (χ1v) is 14.8. The molecule has 5 fully saturated rings. The molecule has 8 atom stereocenters. The molecule has 4 aliphatic carbocycles. The molecule has 5 aliphatic rings. The molecule has 176 valence electrons. The normalized spacial score (nSPS) is 44.0. The maximum absolute atomic E-state index is 7.04. The van der Waals surface area contributed by atoms with Gasteiger partial charge in [-0.05, 0) is 86.6 Å². The van der Waals surface area contributed by atoms with Crippen LogP contribution >= 0.6 is 8.53 Å². The minimum Gasteiger partial charge on any atom is -0.318 e. The molecule has 8 unspecified atom stereocenters. The van der Waals surface area contributed by atoms with Crippen LogP contribution < -0.4 is 0 Å². The maximum Gasteiger partial charge on any atom is 0.259 e. The summed E-state index contributed by atoms with van der Waals surface area (Å²) in [6.07, 6.45) is 17.8. The fourth-order valence-electron chi connectivity index (χ4n) is 8.53. The van der Waals surface area contributed by atoms with Crippen LogP contribution in [0.3, 0.4) is 0 Å². The van der Waals surface area contributed by atoms with E-state index in [0.29, 0.717) is 12.2 Å². The van der Waals surface area contributed by atoms with Gasteiger partial charge in [-0.15, -0.1) is 0 Å². The van der Waals surface area contributed by atoms with Crippen molar-refractivity contribution in [2.24, 2.45) is 35.5 Å². The first kappa shape index (κ1) is 22.0. The molecule has 3 nitrogen and oxygen atoms in total. The molecule has 1 aromatic carbocycles. The van der Waals surface area contributed by atoms with Crippen LogP contribution in [0.1, 0.15) is 82.6 Å². The van der Waals surface area contributed by atoms with Crippen molar-refractivity contribution in [2.45, 2.75) is 95.8 Å². The Kier molecular flexibility index (Phi) is 6.64. The molecule has 6 rings (SSSR count). The third kappa shape index (κ3) is 4.21. The van der Waals surface area contributed by atoms with E-state index in [1.807, 2.05) is 0 Å². The Labute approximate surface area is 196 Å². The summed E-state index contributed by atoms with van der Waals surface area (Å²) in [5.74, 6) is 5.22. The zero-order valence-corrected chi connectivity index (χ0v) is 20.8. The van der Waals surface area contributed by atoms with Gasteiger partial charge in [0.05, 0.1) is 12.2 Å². The first-order valence-electron chi connectivity index (χ1n) is 13.7. The second-order valence-electron chi connectivity index (χ2n) is 11.6. The monoisotopic (exact) mass is 455 g/mol. The second kappa shape index (κ2) is 9.65. The molecule has 0 amide bonds. The van der Waals surface area contributed by atoms with Gasteiger partial charge in [0.15, 0.2) is 0 Å². The van der Waals surface area contributed by atoms with Crippen molar-refractivity contribution in [2.75, 3.05) is 7.05 Å². The number of rotatable bonds is 3. The highest BCUT2D eigenvalue weighted by molar-refractivity contribution is 7.44. The van der Waals surface area contributed by atoms with Gasteiger partial charge in [0.2, 0.25) is 0 Å². The summed E-state index contributed by atoms with van der Waals surface area (Å²) in [6.45, 7) is 0.916. The number of hydrogen-bond acceptors (Lipinski definition) is 3. The maximum atomic E-state index is 7.04. The van der Waals surface area contributed by atoms with Crippen molar-refractivity contribution in [1.82, 2.24) is 4.67 Å². The molecule has 4 heteroatoms. The van der Waals surface area contributed by atoms with Crippen LogP contribution in [0.5, 0.6) is 0 Å². The molecule has 32 heavy (non-hydrogen) atoms. The van der Waals surface area contributed by atoms with Gasteiger partial charge in [-0.2, -0.15) is 0 Å². The summed E-state index contributed by atoms with van der Waals surface area (Å²) >= 11 is 0. The van der Waals surface area contributed by atoms with Gasteiger partial charge in [0.1, 0.15) is 0 Å². The average molecular weight is 456 g/mol. The number of hydrogen-bond donors (Lipinski definition) is 0. The van der Waals surface area contributed by atoms with Crippen molar-refractivity contribution in [1.29, 1.82) is 0 Å². The first-order chi connectivity index (χ1) is 15.8. The Morgan fingerprint density at radius 2 is 1.25 bits per heavy atom. The Hall–Kier alpha value is -0.470. The Balaban J connectivity index is 1.30. The van der Waals surface area contributed by atoms with Crippen molar-refractivity contribution < 1.29 is 9.05 Å². The quantitative estimate of drug-likeness (QED) is 0.439. The summed E-state index contributed by atoms with van der Waals surface area (Å²) in [4.78, 5) is 0. The van der Waals surface area contributed by atoms with E-state index in [1.165, 1.54) is 82.6 Å². The van der Waals surface area contributed by atoms with E-state index >= 15 is 0 Å². The van der Waals surface area contributed by atoms with E-state index in [2.05, 4.69) is 42.0 Å².